The molecule has 110 valence electrons. The third-order valence-corrected chi connectivity index (χ3v) is 4.13. The minimum atomic E-state index is -0.488. The Kier molecular flexibility index (Phi) is 4.23. The number of aliphatic hydroxyl groups is 1. The van der Waals surface area contributed by atoms with Gasteiger partial charge in [-0.15, -0.1) is 0 Å². The first-order chi connectivity index (χ1) is 9.46. The normalized spacial score (nSPS) is 26.2. The Morgan fingerprint density at radius 2 is 2.15 bits per heavy atom. The third-order valence-electron chi connectivity index (χ3n) is 4.13. The van der Waals surface area contributed by atoms with Gasteiger partial charge >= 0.3 is 5.69 Å². The van der Waals surface area contributed by atoms with Gasteiger partial charge in [0.2, 0.25) is 5.82 Å². The first-order valence-corrected chi connectivity index (χ1v) is 6.97. The molecule has 1 saturated carbocycles. The highest BCUT2D eigenvalue weighted by molar-refractivity contribution is 5.57. The van der Waals surface area contributed by atoms with Crippen LogP contribution in [0.25, 0.3) is 0 Å². The highest BCUT2D eigenvalue weighted by Gasteiger charge is 2.35. The maximum Gasteiger partial charge on any atom is 0.311 e. The van der Waals surface area contributed by atoms with E-state index in [-0.39, 0.29) is 18.1 Å². The maximum atomic E-state index is 11.1. The molecule has 0 spiro atoms. The van der Waals surface area contributed by atoms with Gasteiger partial charge in [-0.05, 0) is 44.6 Å². The summed E-state index contributed by atoms with van der Waals surface area (Å²) in [4.78, 5) is 14.9. The quantitative estimate of drug-likeness (QED) is 0.653. The molecule has 1 aliphatic carbocycles. The van der Waals surface area contributed by atoms with E-state index in [9.17, 15) is 15.2 Å². The Hall–Kier alpha value is -1.69. The van der Waals surface area contributed by atoms with E-state index < -0.39 is 10.5 Å². The van der Waals surface area contributed by atoms with Crippen LogP contribution in [-0.4, -0.2) is 27.2 Å². The van der Waals surface area contributed by atoms with Gasteiger partial charge in [-0.2, -0.15) is 0 Å². The molecule has 6 nitrogen and oxygen atoms in total. The summed E-state index contributed by atoms with van der Waals surface area (Å²) < 4.78 is 0. The summed E-state index contributed by atoms with van der Waals surface area (Å²) in [5, 5.41) is 24.0. The van der Waals surface area contributed by atoms with E-state index in [2.05, 4.69) is 17.2 Å². The molecule has 0 aromatic carbocycles. The molecular formula is C14H21N3O3. The number of rotatable bonds is 4. The molecule has 1 aliphatic rings. The number of nitro groups is 1. The van der Waals surface area contributed by atoms with Gasteiger partial charge in [0.15, 0.2) is 0 Å². The van der Waals surface area contributed by atoms with E-state index in [1.807, 2.05) is 0 Å². The van der Waals surface area contributed by atoms with Crippen LogP contribution in [0.3, 0.4) is 0 Å². The third kappa shape index (κ3) is 3.07. The molecule has 2 rings (SSSR count). The van der Waals surface area contributed by atoms with Crippen molar-refractivity contribution in [1.29, 1.82) is 0 Å². The molecule has 0 atom stereocenters. The van der Waals surface area contributed by atoms with Crippen LogP contribution < -0.4 is 5.32 Å². The van der Waals surface area contributed by atoms with Gasteiger partial charge in [-0.1, -0.05) is 6.92 Å². The van der Waals surface area contributed by atoms with Gasteiger partial charge in [-0.3, -0.25) is 10.1 Å². The number of anilines is 1. The molecule has 6 heteroatoms. The highest BCUT2D eigenvalue weighted by atomic mass is 16.6. The van der Waals surface area contributed by atoms with Crippen LogP contribution in [0.15, 0.2) is 12.1 Å². The standard InChI is InChI=1S/C14H21N3O3/c1-10-5-7-14(9-18,8-6-10)16-13-12(17(19)20)4-3-11(2)15-13/h3-4,10,18H,5-9H2,1-2H3,(H,15,16). The Labute approximate surface area is 118 Å². The predicted octanol–water partition coefficient (Wildman–Crippen LogP) is 2.65. The van der Waals surface area contributed by atoms with Crippen LogP contribution in [0.1, 0.15) is 38.3 Å². The second-order valence-corrected chi connectivity index (χ2v) is 5.82. The zero-order valence-corrected chi connectivity index (χ0v) is 11.9. The SMILES string of the molecule is Cc1ccc([N+](=O)[O-])c(NC2(CO)CCC(C)CC2)n1. The van der Waals surface area contributed by atoms with Crippen LogP contribution in [-0.2, 0) is 0 Å². The molecule has 2 N–H and O–H groups in total. The van der Waals surface area contributed by atoms with Gasteiger partial charge in [0.05, 0.1) is 17.1 Å². The fourth-order valence-corrected chi connectivity index (χ4v) is 2.68. The largest absolute Gasteiger partial charge is 0.394 e. The molecule has 0 unspecified atom stereocenters. The maximum absolute atomic E-state index is 11.1. The molecule has 0 amide bonds. The predicted molar refractivity (Wildman–Crippen MR) is 76.7 cm³/mol. The number of aryl methyl sites for hydroxylation is 1. The van der Waals surface area contributed by atoms with E-state index in [1.54, 1.807) is 13.0 Å². The summed E-state index contributed by atoms with van der Waals surface area (Å²) in [5.74, 6) is 0.899. The second-order valence-electron chi connectivity index (χ2n) is 5.82. The smallest absolute Gasteiger partial charge is 0.311 e. The average molecular weight is 279 g/mol. The molecular weight excluding hydrogens is 258 g/mol. The minimum Gasteiger partial charge on any atom is -0.394 e. The number of aromatic nitrogens is 1. The van der Waals surface area contributed by atoms with E-state index >= 15 is 0 Å². The lowest BCUT2D eigenvalue weighted by atomic mass is 9.77. The van der Waals surface area contributed by atoms with Crippen molar-refractivity contribution in [2.75, 3.05) is 11.9 Å². The Balaban J connectivity index is 2.27. The van der Waals surface area contributed by atoms with Crippen molar-refractivity contribution < 1.29 is 10.0 Å². The van der Waals surface area contributed by atoms with Gasteiger partial charge in [0, 0.05) is 11.8 Å². The van der Waals surface area contributed by atoms with Crippen LogP contribution in [0.4, 0.5) is 11.5 Å². The molecule has 1 aromatic heterocycles. The molecule has 1 aromatic rings. The minimum absolute atomic E-state index is 0.0352. The van der Waals surface area contributed by atoms with Crippen molar-refractivity contribution in [2.24, 2.45) is 5.92 Å². The zero-order chi connectivity index (χ0) is 14.8. The summed E-state index contributed by atoms with van der Waals surface area (Å²) in [5.41, 5.74) is 0.190. The highest BCUT2D eigenvalue weighted by Crippen LogP contribution is 2.36. The first kappa shape index (κ1) is 14.7. The van der Waals surface area contributed by atoms with Gasteiger partial charge in [-0.25, -0.2) is 4.98 Å². The number of hydrogen-bond acceptors (Lipinski definition) is 5. The second kappa shape index (κ2) is 5.75. The van der Waals surface area contributed by atoms with Crippen molar-refractivity contribution in [3.8, 4) is 0 Å². The Morgan fingerprint density at radius 3 is 2.70 bits per heavy atom. The van der Waals surface area contributed by atoms with Crippen molar-refractivity contribution in [2.45, 2.75) is 45.1 Å². The van der Waals surface area contributed by atoms with E-state index in [4.69, 9.17) is 0 Å². The Morgan fingerprint density at radius 1 is 1.50 bits per heavy atom. The van der Waals surface area contributed by atoms with Crippen LogP contribution in [0.5, 0.6) is 0 Å². The van der Waals surface area contributed by atoms with Gasteiger partial charge < -0.3 is 10.4 Å². The summed E-state index contributed by atoms with van der Waals surface area (Å²) in [6.07, 6.45) is 3.62. The van der Waals surface area contributed by atoms with Crippen molar-refractivity contribution >= 4 is 11.5 Å². The number of aliphatic hydroxyl groups excluding tert-OH is 1. The zero-order valence-electron chi connectivity index (χ0n) is 11.9. The number of hydrogen-bond donors (Lipinski definition) is 2. The summed E-state index contributed by atoms with van der Waals surface area (Å²) in [6, 6.07) is 3.08. The lowest BCUT2D eigenvalue weighted by Crippen LogP contribution is -2.45. The van der Waals surface area contributed by atoms with E-state index in [0.29, 0.717) is 5.92 Å². The summed E-state index contributed by atoms with van der Waals surface area (Å²) in [6.45, 7) is 3.95. The number of nitrogens with one attached hydrogen (secondary N) is 1. The van der Waals surface area contributed by atoms with E-state index in [0.717, 1.165) is 31.4 Å². The average Bonchev–Trinajstić information content (AvgIpc) is 2.41. The van der Waals surface area contributed by atoms with E-state index in [1.165, 1.54) is 6.07 Å². The first-order valence-electron chi connectivity index (χ1n) is 6.97. The van der Waals surface area contributed by atoms with Crippen LogP contribution in [0, 0.1) is 23.0 Å². The van der Waals surface area contributed by atoms with Gasteiger partial charge in [0.1, 0.15) is 0 Å². The molecule has 0 bridgehead atoms. The summed E-state index contributed by atoms with van der Waals surface area (Å²) in [7, 11) is 0. The number of nitrogens with zero attached hydrogens (tertiary/aromatic N) is 2. The monoisotopic (exact) mass is 279 g/mol. The number of pyridine rings is 1. The lowest BCUT2D eigenvalue weighted by molar-refractivity contribution is -0.384. The van der Waals surface area contributed by atoms with Crippen LogP contribution >= 0.6 is 0 Å². The molecule has 1 heterocycles. The van der Waals surface area contributed by atoms with Crippen molar-refractivity contribution in [3.05, 3.63) is 27.9 Å². The lowest BCUT2D eigenvalue weighted by Gasteiger charge is -2.39. The van der Waals surface area contributed by atoms with Crippen molar-refractivity contribution in [1.82, 2.24) is 4.98 Å². The molecule has 1 fully saturated rings. The van der Waals surface area contributed by atoms with Crippen LogP contribution in [0.2, 0.25) is 0 Å². The van der Waals surface area contributed by atoms with Crippen molar-refractivity contribution in [3.63, 3.8) is 0 Å². The topological polar surface area (TPSA) is 88.3 Å². The van der Waals surface area contributed by atoms with Gasteiger partial charge in [0.25, 0.3) is 0 Å². The molecule has 0 saturated heterocycles. The fourth-order valence-electron chi connectivity index (χ4n) is 2.68. The Bertz CT molecular complexity index is 496. The molecule has 0 aliphatic heterocycles. The molecule has 20 heavy (non-hydrogen) atoms. The fraction of sp³-hybridized carbons (Fsp3) is 0.643. The summed E-state index contributed by atoms with van der Waals surface area (Å²) >= 11 is 0. The molecule has 0 radical (unpaired) electrons.